The van der Waals surface area contributed by atoms with Gasteiger partial charge in [0.05, 0.1) is 21.6 Å². The maximum atomic E-state index is 11.9. The lowest BCUT2D eigenvalue weighted by Crippen LogP contribution is -2.17. The number of nitro benzene ring substituents is 1. The third-order valence-electron chi connectivity index (χ3n) is 2.31. The van der Waals surface area contributed by atoms with Gasteiger partial charge in [0, 0.05) is 12.1 Å². The predicted molar refractivity (Wildman–Crippen MR) is 77.3 cm³/mol. The molecule has 1 aromatic carbocycles. The van der Waals surface area contributed by atoms with Crippen LogP contribution in [0.5, 0.6) is 0 Å². The SMILES string of the molecule is CC(C)COC(=O)c1cc([N+](=O)[O-])cc(S(N)(=O)=O)c1Br. The summed E-state index contributed by atoms with van der Waals surface area (Å²) in [6.45, 7) is 3.72. The summed E-state index contributed by atoms with van der Waals surface area (Å²) in [5.41, 5.74) is -0.840. The molecule has 116 valence electrons. The van der Waals surface area contributed by atoms with E-state index in [0.717, 1.165) is 12.1 Å². The number of halogens is 1. The molecule has 0 aromatic heterocycles. The normalized spacial score (nSPS) is 11.5. The first-order valence-corrected chi connectivity index (χ1v) is 8.05. The van der Waals surface area contributed by atoms with Crippen LogP contribution in [0, 0.1) is 16.0 Å². The molecule has 10 heteroatoms. The Balaban J connectivity index is 3.41. The Morgan fingerprint density at radius 3 is 2.48 bits per heavy atom. The Labute approximate surface area is 129 Å². The second-order valence-electron chi connectivity index (χ2n) is 4.60. The second-order valence-corrected chi connectivity index (χ2v) is 6.92. The molecule has 0 spiro atoms. The largest absolute Gasteiger partial charge is 0.462 e. The molecule has 0 amide bonds. The minimum atomic E-state index is -4.24. The van der Waals surface area contributed by atoms with Crippen LogP contribution in [0.4, 0.5) is 5.69 Å². The summed E-state index contributed by atoms with van der Waals surface area (Å²) >= 11 is 2.93. The highest BCUT2D eigenvalue weighted by Crippen LogP contribution is 2.30. The van der Waals surface area contributed by atoms with E-state index >= 15 is 0 Å². The van der Waals surface area contributed by atoms with Gasteiger partial charge < -0.3 is 4.74 Å². The lowest BCUT2D eigenvalue weighted by atomic mass is 10.2. The molecule has 0 radical (unpaired) electrons. The van der Waals surface area contributed by atoms with Gasteiger partial charge in [-0.2, -0.15) is 0 Å². The highest BCUT2D eigenvalue weighted by molar-refractivity contribution is 9.10. The third kappa shape index (κ3) is 4.48. The molecule has 0 unspecified atom stereocenters. The van der Waals surface area contributed by atoms with Gasteiger partial charge in [-0.25, -0.2) is 18.4 Å². The van der Waals surface area contributed by atoms with Crippen LogP contribution in [0.3, 0.4) is 0 Å². The van der Waals surface area contributed by atoms with Crippen molar-refractivity contribution >= 4 is 37.6 Å². The van der Waals surface area contributed by atoms with Crippen molar-refractivity contribution in [2.24, 2.45) is 11.1 Å². The minimum Gasteiger partial charge on any atom is -0.462 e. The molecule has 2 N–H and O–H groups in total. The van der Waals surface area contributed by atoms with Crippen LogP contribution in [0.2, 0.25) is 0 Å². The van der Waals surface area contributed by atoms with Crippen LogP contribution in [0.25, 0.3) is 0 Å². The fourth-order valence-corrected chi connectivity index (χ4v) is 3.08. The van der Waals surface area contributed by atoms with E-state index in [9.17, 15) is 23.3 Å². The van der Waals surface area contributed by atoms with Crippen LogP contribution in [0.1, 0.15) is 24.2 Å². The van der Waals surface area contributed by atoms with E-state index in [2.05, 4.69) is 15.9 Å². The van der Waals surface area contributed by atoms with Crippen molar-refractivity contribution in [2.75, 3.05) is 6.61 Å². The molecule has 1 aromatic rings. The molecule has 21 heavy (non-hydrogen) atoms. The topological polar surface area (TPSA) is 130 Å². The Kier molecular flexibility index (Phi) is 5.42. The number of nitrogens with two attached hydrogens (primary N) is 1. The molecule has 0 aliphatic carbocycles. The Bertz CT molecular complexity index is 686. The third-order valence-corrected chi connectivity index (χ3v) is 4.36. The van der Waals surface area contributed by atoms with E-state index in [1.165, 1.54) is 0 Å². The number of non-ortho nitro benzene ring substituents is 1. The van der Waals surface area contributed by atoms with E-state index in [4.69, 9.17) is 9.88 Å². The number of carbonyl (C=O) groups excluding carboxylic acids is 1. The van der Waals surface area contributed by atoms with E-state index in [1.54, 1.807) is 0 Å². The molecule has 0 saturated carbocycles. The van der Waals surface area contributed by atoms with Crippen LogP contribution in [-0.4, -0.2) is 25.9 Å². The number of primary sulfonamides is 1. The lowest BCUT2D eigenvalue weighted by molar-refractivity contribution is -0.385. The number of benzene rings is 1. The zero-order valence-corrected chi connectivity index (χ0v) is 13.6. The molecular weight excluding hydrogens is 368 g/mol. The van der Waals surface area contributed by atoms with Crippen molar-refractivity contribution in [1.29, 1.82) is 0 Å². The summed E-state index contributed by atoms with van der Waals surface area (Å²) in [6, 6.07) is 1.71. The first kappa shape index (κ1) is 17.5. The lowest BCUT2D eigenvalue weighted by Gasteiger charge is -2.10. The van der Waals surface area contributed by atoms with E-state index in [0.29, 0.717) is 0 Å². The van der Waals surface area contributed by atoms with Crippen LogP contribution in [-0.2, 0) is 14.8 Å². The number of hydrogen-bond donors (Lipinski definition) is 1. The fourth-order valence-electron chi connectivity index (χ4n) is 1.36. The van der Waals surface area contributed by atoms with Crippen LogP contribution < -0.4 is 5.14 Å². The zero-order valence-electron chi connectivity index (χ0n) is 11.2. The molecule has 0 fully saturated rings. The monoisotopic (exact) mass is 380 g/mol. The number of ether oxygens (including phenoxy) is 1. The molecule has 0 saturated heterocycles. The molecular formula is C11H13BrN2O6S. The maximum Gasteiger partial charge on any atom is 0.339 e. The van der Waals surface area contributed by atoms with Gasteiger partial charge in [-0.05, 0) is 21.8 Å². The summed E-state index contributed by atoms with van der Waals surface area (Å²) in [5, 5.41) is 15.8. The minimum absolute atomic E-state index is 0.0594. The van der Waals surface area contributed by atoms with Crippen LogP contribution >= 0.6 is 15.9 Å². The number of nitrogens with zero attached hydrogens (tertiary/aromatic N) is 1. The molecule has 0 bridgehead atoms. The first-order chi connectivity index (χ1) is 9.54. The summed E-state index contributed by atoms with van der Waals surface area (Å²) in [5.74, 6) is -0.812. The number of nitro groups is 1. The fraction of sp³-hybridized carbons (Fsp3) is 0.364. The zero-order chi connectivity index (χ0) is 16.4. The Morgan fingerprint density at radius 1 is 1.48 bits per heavy atom. The highest BCUT2D eigenvalue weighted by Gasteiger charge is 2.25. The summed E-state index contributed by atoms with van der Waals surface area (Å²) in [6.07, 6.45) is 0. The first-order valence-electron chi connectivity index (χ1n) is 5.72. The summed E-state index contributed by atoms with van der Waals surface area (Å²) in [4.78, 5) is 21.4. The summed E-state index contributed by atoms with van der Waals surface area (Å²) < 4.78 is 27.7. The van der Waals surface area contributed by atoms with Crippen molar-refractivity contribution in [3.05, 3.63) is 32.3 Å². The van der Waals surface area contributed by atoms with Crippen molar-refractivity contribution in [1.82, 2.24) is 0 Å². The molecule has 0 aliphatic heterocycles. The van der Waals surface area contributed by atoms with Crippen LogP contribution in [0.15, 0.2) is 21.5 Å². The quantitative estimate of drug-likeness (QED) is 0.470. The van der Waals surface area contributed by atoms with Gasteiger partial charge in [0.25, 0.3) is 5.69 Å². The van der Waals surface area contributed by atoms with Crippen molar-refractivity contribution in [3.8, 4) is 0 Å². The Morgan fingerprint density at radius 2 is 2.05 bits per heavy atom. The number of rotatable bonds is 5. The second kappa shape index (κ2) is 6.50. The van der Waals surface area contributed by atoms with Crippen molar-refractivity contribution in [3.63, 3.8) is 0 Å². The number of hydrogen-bond acceptors (Lipinski definition) is 6. The van der Waals surface area contributed by atoms with E-state index in [-0.39, 0.29) is 22.6 Å². The van der Waals surface area contributed by atoms with Gasteiger partial charge in [-0.15, -0.1) is 0 Å². The maximum absolute atomic E-state index is 11.9. The van der Waals surface area contributed by atoms with Gasteiger partial charge in [0.1, 0.15) is 4.90 Å². The highest BCUT2D eigenvalue weighted by atomic mass is 79.9. The smallest absolute Gasteiger partial charge is 0.339 e. The molecule has 1 rings (SSSR count). The van der Waals surface area contributed by atoms with E-state index < -0.39 is 31.5 Å². The molecule has 8 nitrogen and oxygen atoms in total. The Hall–Kier alpha value is -1.52. The van der Waals surface area contributed by atoms with Crippen molar-refractivity contribution < 1.29 is 22.9 Å². The van der Waals surface area contributed by atoms with Gasteiger partial charge in [0.15, 0.2) is 0 Å². The van der Waals surface area contributed by atoms with Crippen molar-refractivity contribution in [2.45, 2.75) is 18.7 Å². The summed E-state index contributed by atoms with van der Waals surface area (Å²) in [7, 11) is -4.24. The van der Waals surface area contributed by atoms with E-state index in [1.807, 2.05) is 13.8 Å². The predicted octanol–water partition coefficient (Wildman–Crippen LogP) is 1.82. The number of carbonyl (C=O) groups is 1. The number of esters is 1. The van der Waals surface area contributed by atoms with Gasteiger partial charge in [-0.1, -0.05) is 13.8 Å². The average molecular weight is 381 g/mol. The van der Waals surface area contributed by atoms with Gasteiger partial charge in [0.2, 0.25) is 10.0 Å². The molecule has 0 heterocycles. The average Bonchev–Trinajstić information content (AvgIpc) is 2.34. The number of sulfonamides is 1. The molecule has 0 aliphatic rings. The standard InChI is InChI=1S/C11H13BrN2O6S/c1-6(2)5-20-11(15)8-3-7(14(16)17)4-9(10(8)12)21(13,18)19/h3-4,6H,5H2,1-2H3,(H2,13,18,19). The molecule has 0 atom stereocenters. The van der Waals surface area contributed by atoms with Gasteiger partial charge in [-0.3, -0.25) is 10.1 Å². The van der Waals surface area contributed by atoms with Gasteiger partial charge >= 0.3 is 5.97 Å².